The summed E-state index contributed by atoms with van der Waals surface area (Å²) in [5.41, 5.74) is 18.3. The first-order valence-corrected chi connectivity index (χ1v) is 21.4. The number of carboxylic acids is 1. The number of thioether (sulfide) groups is 1. The number of aryl methyl sites for hydroxylation is 3. The monoisotopic (exact) mass is 827 g/mol. The fourth-order valence-electron chi connectivity index (χ4n) is 7.35. The topological polar surface area (TPSA) is 90.8 Å². The van der Waals surface area contributed by atoms with Gasteiger partial charge in [0.15, 0.2) is 5.17 Å². The number of carbonyl (C=O) groups is 2. The number of anilines is 2. The molecule has 7 heteroatoms. The molecule has 0 fully saturated rings. The minimum atomic E-state index is -0.971. The summed E-state index contributed by atoms with van der Waals surface area (Å²) in [6.07, 6.45) is 6.21. The maximum absolute atomic E-state index is 12.3. The molecule has 1 aliphatic heterocycles. The number of carbonyl (C=O) groups excluding carboxylic acids is 1. The van der Waals surface area contributed by atoms with E-state index in [4.69, 9.17) is 5.11 Å². The van der Waals surface area contributed by atoms with E-state index >= 15 is 0 Å². The van der Waals surface area contributed by atoms with E-state index in [1.165, 1.54) is 44.5 Å². The largest absolute Gasteiger partial charge is 0.481 e. The highest BCUT2D eigenvalue weighted by molar-refractivity contribution is 8.14. The number of carboxylic acid groups (broad SMARTS) is 1. The molecule has 7 aromatic rings. The van der Waals surface area contributed by atoms with E-state index in [1.807, 2.05) is 30.3 Å². The summed E-state index contributed by atoms with van der Waals surface area (Å²) in [6, 6.07) is 59.5. The zero-order chi connectivity index (χ0) is 43.0. The summed E-state index contributed by atoms with van der Waals surface area (Å²) in [4.78, 5) is 27.4. The van der Waals surface area contributed by atoms with Gasteiger partial charge in [-0.2, -0.15) is 0 Å². The van der Waals surface area contributed by atoms with Crippen LogP contribution in [0.15, 0.2) is 181 Å². The lowest BCUT2D eigenvalue weighted by molar-refractivity contribution is -0.133. The molecule has 0 bridgehead atoms. The van der Waals surface area contributed by atoms with E-state index < -0.39 is 5.97 Å². The Kier molecular flexibility index (Phi) is 12.5. The Labute approximate surface area is 367 Å². The van der Waals surface area contributed by atoms with Gasteiger partial charge in [-0.05, 0) is 141 Å². The van der Waals surface area contributed by atoms with Crippen LogP contribution in [0, 0.1) is 20.8 Å². The number of aliphatic carboxylic acids is 1. The molecule has 0 saturated carbocycles. The molecule has 0 aromatic heterocycles. The van der Waals surface area contributed by atoms with Crippen LogP contribution in [0.2, 0.25) is 0 Å². The van der Waals surface area contributed by atoms with Crippen LogP contribution in [0.1, 0.15) is 55.6 Å². The van der Waals surface area contributed by atoms with Gasteiger partial charge in [-0.1, -0.05) is 157 Å². The van der Waals surface area contributed by atoms with Crippen LogP contribution in [0.3, 0.4) is 0 Å². The fraction of sp³-hybridized carbons (Fsp3) is 0.0727. The molecule has 304 valence electrons. The van der Waals surface area contributed by atoms with Gasteiger partial charge in [-0.15, -0.1) is 0 Å². The molecule has 1 heterocycles. The third kappa shape index (κ3) is 10.1. The summed E-state index contributed by atoms with van der Waals surface area (Å²) in [5, 5.41) is 15.3. The fourth-order valence-corrected chi connectivity index (χ4v) is 7.94. The summed E-state index contributed by atoms with van der Waals surface area (Å²) in [7, 11) is 0. The van der Waals surface area contributed by atoms with Crippen molar-refractivity contribution in [3.8, 4) is 11.1 Å². The van der Waals surface area contributed by atoms with Gasteiger partial charge >= 0.3 is 5.97 Å². The van der Waals surface area contributed by atoms with Crippen LogP contribution >= 0.6 is 11.8 Å². The number of aliphatic imine (C=N–C) groups is 1. The first-order chi connectivity index (χ1) is 30.1. The molecule has 0 spiro atoms. The lowest BCUT2D eigenvalue weighted by Crippen LogP contribution is -2.22. The number of nitrogens with one attached hydrogen (secondary N) is 2. The number of amidine groups is 1. The van der Waals surface area contributed by atoms with Crippen molar-refractivity contribution in [1.82, 2.24) is 5.32 Å². The molecule has 8 rings (SSSR count). The first-order valence-electron chi connectivity index (χ1n) is 20.4. The molecule has 0 saturated heterocycles. The smallest absolute Gasteiger partial charge is 0.313 e. The molecular weight excluding hydrogens is 783 g/mol. The van der Waals surface area contributed by atoms with Crippen LogP contribution in [0.25, 0.3) is 40.5 Å². The Bertz CT molecular complexity index is 2880. The maximum Gasteiger partial charge on any atom is 0.313 e. The van der Waals surface area contributed by atoms with Crippen molar-refractivity contribution in [2.45, 2.75) is 20.8 Å². The molecule has 3 N–H and O–H groups in total. The minimum absolute atomic E-state index is 0.173. The van der Waals surface area contributed by atoms with Gasteiger partial charge in [0.2, 0.25) is 0 Å². The zero-order valence-corrected chi connectivity index (χ0v) is 35.5. The lowest BCUT2D eigenvalue weighted by atomic mass is 9.91. The van der Waals surface area contributed by atoms with Crippen LogP contribution < -0.4 is 10.6 Å². The summed E-state index contributed by atoms with van der Waals surface area (Å²) < 4.78 is 0. The molecule has 7 aromatic carbocycles. The van der Waals surface area contributed by atoms with Gasteiger partial charge in [-0.25, -0.2) is 4.99 Å². The van der Waals surface area contributed by atoms with Gasteiger partial charge in [0, 0.05) is 11.4 Å². The predicted molar refractivity (Wildman–Crippen MR) is 259 cm³/mol. The second-order valence-corrected chi connectivity index (χ2v) is 16.2. The van der Waals surface area contributed by atoms with Gasteiger partial charge in [-0.3, -0.25) is 14.9 Å². The van der Waals surface area contributed by atoms with Crippen molar-refractivity contribution in [2.24, 2.45) is 4.99 Å². The number of amides is 1. The molecular formula is C55H45N3O3S. The number of benzene rings is 7. The van der Waals surface area contributed by atoms with E-state index in [-0.39, 0.29) is 22.5 Å². The molecule has 1 amide bonds. The molecule has 0 aliphatic carbocycles. The van der Waals surface area contributed by atoms with Crippen LogP contribution in [-0.4, -0.2) is 27.9 Å². The van der Waals surface area contributed by atoms with Crippen molar-refractivity contribution in [3.63, 3.8) is 0 Å². The molecule has 0 unspecified atom stereocenters. The third-order valence-electron chi connectivity index (χ3n) is 10.8. The van der Waals surface area contributed by atoms with E-state index in [0.717, 1.165) is 56.5 Å². The van der Waals surface area contributed by atoms with Crippen molar-refractivity contribution in [2.75, 3.05) is 11.1 Å². The average molecular weight is 828 g/mol. The highest BCUT2D eigenvalue weighted by atomic mass is 32.2. The molecule has 0 atom stereocenters. The van der Waals surface area contributed by atoms with E-state index in [1.54, 1.807) is 6.08 Å². The Balaban J connectivity index is 0.993. The Morgan fingerprint density at radius 3 is 1.65 bits per heavy atom. The van der Waals surface area contributed by atoms with Crippen molar-refractivity contribution >= 4 is 69.6 Å². The van der Waals surface area contributed by atoms with Gasteiger partial charge in [0.05, 0.1) is 5.75 Å². The molecule has 1 aliphatic rings. The quantitative estimate of drug-likeness (QED) is 0.0843. The number of nitrogens with zero attached hydrogens (tertiary/aromatic N) is 1. The Morgan fingerprint density at radius 2 is 1.11 bits per heavy atom. The van der Waals surface area contributed by atoms with Crippen molar-refractivity contribution < 1.29 is 14.7 Å². The Morgan fingerprint density at radius 1 is 0.597 bits per heavy atom. The second kappa shape index (κ2) is 18.8. The van der Waals surface area contributed by atoms with E-state index in [0.29, 0.717) is 0 Å². The minimum Gasteiger partial charge on any atom is -0.481 e. The van der Waals surface area contributed by atoms with Gasteiger partial charge in [0.25, 0.3) is 5.91 Å². The van der Waals surface area contributed by atoms with E-state index in [9.17, 15) is 9.59 Å². The van der Waals surface area contributed by atoms with E-state index in [2.05, 4.69) is 188 Å². The van der Waals surface area contributed by atoms with Crippen molar-refractivity contribution in [1.29, 1.82) is 0 Å². The van der Waals surface area contributed by atoms with Crippen LogP contribution in [-0.2, 0) is 9.59 Å². The molecule has 6 nitrogen and oxygen atoms in total. The second-order valence-electron chi connectivity index (χ2n) is 15.3. The molecule has 62 heavy (non-hydrogen) atoms. The third-order valence-corrected chi connectivity index (χ3v) is 11.6. The lowest BCUT2D eigenvalue weighted by Gasteiger charge is -2.14. The Hall–Kier alpha value is -7.48. The van der Waals surface area contributed by atoms with Crippen molar-refractivity contribution in [3.05, 3.63) is 231 Å². The standard InChI is InChI=1S/C55H45N3O3S/c1-36-14-21-45(30-37(36)2)50(42-10-6-4-7-11-42)32-39-15-22-44(23-16-39)49-29-24-46(31-38(49)3)51(43-12-8-5-9-13-43)33-40-17-25-47(26-18-40)56-48-27-19-41(20-28-48)34-52-54(61)58-55(57-52)62-35-53(59)60/h4-34,56H,35H2,1-3H3,(H,59,60)(H,57,58,61). The average Bonchev–Trinajstić information content (AvgIpc) is 3.65. The zero-order valence-electron chi connectivity index (χ0n) is 34.7. The van der Waals surface area contributed by atoms with Gasteiger partial charge < -0.3 is 10.4 Å². The number of hydrogen-bond acceptors (Lipinski definition) is 5. The predicted octanol–water partition coefficient (Wildman–Crippen LogP) is 12.8. The highest BCUT2D eigenvalue weighted by Crippen LogP contribution is 2.33. The SMILES string of the molecule is Cc1ccc(C(=Cc2ccc(-c3ccc(C(=Cc4ccc(Nc5ccc(C=C6N=C(SCC(=O)O)NC6=O)cc5)cc4)c4ccccc4)cc3C)cc2)c2ccccc2)cc1C. The number of hydrogen-bond donors (Lipinski definition) is 3. The molecule has 0 radical (unpaired) electrons. The van der Waals surface area contributed by atoms with Crippen LogP contribution in [0.5, 0.6) is 0 Å². The van der Waals surface area contributed by atoms with Gasteiger partial charge in [0.1, 0.15) is 5.70 Å². The summed E-state index contributed by atoms with van der Waals surface area (Å²) >= 11 is 0.979. The summed E-state index contributed by atoms with van der Waals surface area (Å²) in [5.74, 6) is -1.50. The first kappa shape index (κ1) is 41.3. The normalized spacial score (nSPS) is 13.5. The number of rotatable bonds is 12. The summed E-state index contributed by atoms with van der Waals surface area (Å²) in [6.45, 7) is 6.51. The maximum atomic E-state index is 12.3. The van der Waals surface area contributed by atoms with Crippen LogP contribution in [0.4, 0.5) is 11.4 Å². The highest BCUT2D eigenvalue weighted by Gasteiger charge is 2.21.